The fourth-order valence-electron chi connectivity index (χ4n) is 5.53. The maximum absolute atomic E-state index is 9.35. The van der Waals surface area contributed by atoms with Crippen LogP contribution >= 0.6 is 0 Å². The maximum Gasteiger partial charge on any atom is 0.164 e. The molecule has 0 aliphatic heterocycles. The molecule has 9 aromatic rings. The molecule has 0 fully saturated rings. The molecule has 0 atom stereocenters. The molecule has 0 radical (unpaired) electrons. The summed E-state index contributed by atoms with van der Waals surface area (Å²) in [6.45, 7) is 0. The summed E-state index contributed by atoms with van der Waals surface area (Å²) in [6, 6.07) is 30.0. The van der Waals surface area contributed by atoms with E-state index in [2.05, 4.69) is 0 Å². The van der Waals surface area contributed by atoms with Gasteiger partial charge in [-0.05, 0) is 35.8 Å². The molecule has 0 saturated carbocycles. The molecule has 206 valence electrons. The molecule has 0 aliphatic rings. The van der Waals surface area contributed by atoms with Crippen molar-refractivity contribution in [3.8, 4) is 45.3 Å². The average Bonchev–Trinajstić information content (AvgIpc) is 3.73. The second kappa shape index (κ2) is 9.75. The number of benzene rings is 6. The highest BCUT2D eigenvalue weighted by atomic mass is 16.3. The minimum absolute atomic E-state index is 0.00107. The molecule has 0 bridgehead atoms. The number of rotatable bonds is 4. The van der Waals surface area contributed by atoms with E-state index in [-0.39, 0.29) is 81.0 Å². The van der Waals surface area contributed by atoms with Crippen molar-refractivity contribution >= 4 is 43.9 Å². The molecular formula is C39H23N3O2. The Bertz CT molecular complexity index is 2840. The van der Waals surface area contributed by atoms with E-state index in [1.807, 2.05) is 78.9 Å². The summed E-state index contributed by atoms with van der Waals surface area (Å²) in [6.07, 6.45) is 0. The monoisotopic (exact) mass is 571 g/mol. The van der Waals surface area contributed by atoms with Gasteiger partial charge in [-0.3, -0.25) is 0 Å². The van der Waals surface area contributed by atoms with Gasteiger partial charge in [0, 0.05) is 43.8 Å². The Morgan fingerprint density at radius 3 is 1.95 bits per heavy atom. The Morgan fingerprint density at radius 1 is 0.455 bits per heavy atom. The molecule has 0 aliphatic carbocycles. The van der Waals surface area contributed by atoms with Crippen molar-refractivity contribution in [3.63, 3.8) is 0 Å². The lowest BCUT2D eigenvalue weighted by Crippen LogP contribution is -2.00. The van der Waals surface area contributed by atoms with Gasteiger partial charge in [-0.25, -0.2) is 15.0 Å². The number of hydrogen-bond acceptors (Lipinski definition) is 5. The Hall–Kier alpha value is -6.07. The van der Waals surface area contributed by atoms with E-state index in [1.165, 1.54) is 0 Å². The number of fused-ring (bicyclic) bond motifs is 6. The number of nitrogens with zero attached hydrogens (tertiary/aromatic N) is 3. The van der Waals surface area contributed by atoms with Gasteiger partial charge in [0.15, 0.2) is 17.5 Å². The van der Waals surface area contributed by atoms with Crippen molar-refractivity contribution in [2.24, 2.45) is 0 Å². The lowest BCUT2D eigenvalue weighted by atomic mass is 10.0. The maximum atomic E-state index is 9.35. The van der Waals surface area contributed by atoms with Crippen LogP contribution in [0.15, 0.2) is 148 Å². The predicted octanol–water partition coefficient (Wildman–Crippen LogP) is 10.3. The summed E-state index contributed by atoms with van der Waals surface area (Å²) in [4.78, 5) is 14.3. The van der Waals surface area contributed by atoms with Crippen LogP contribution < -0.4 is 0 Å². The highest BCUT2D eigenvalue weighted by Gasteiger charge is 2.17. The van der Waals surface area contributed by atoms with Crippen molar-refractivity contribution in [1.82, 2.24) is 15.0 Å². The molecule has 0 saturated heterocycles. The Morgan fingerprint density at radius 2 is 1.14 bits per heavy atom. The lowest BCUT2D eigenvalue weighted by molar-refractivity contribution is 0.669. The number of aromatic nitrogens is 3. The fraction of sp³-hybridized carbons (Fsp3) is 0. The van der Waals surface area contributed by atoms with E-state index in [9.17, 15) is 1.37 Å². The van der Waals surface area contributed by atoms with Crippen molar-refractivity contribution in [3.05, 3.63) is 139 Å². The van der Waals surface area contributed by atoms with Gasteiger partial charge >= 0.3 is 0 Å². The molecule has 9 rings (SSSR count). The van der Waals surface area contributed by atoms with E-state index in [4.69, 9.17) is 30.6 Å². The number of para-hydroxylation sites is 2. The third kappa shape index (κ3) is 3.98. The first-order valence-electron chi connectivity index (χ1n) is 17.0. The van der Waals surface area contributed by atoms with Crippen molar-refractivity contribution in [2.75, 3.05) is 0 Å². The first-order chi connectivity index (χ1) is 24.3. The summed E-state index contributed by atoms with van der Waals surface area (Å²) >= 11 is 0. The van der Waals surface area contributed by atoms with Crippen LogP contribution in [0.5, 0.6) is 0 Å². The SMILES string of the molecule is [2H]c1c([2H])c([2H])c2c(oc3c([2H])c(-c4nc(-c5ccccc5)nc(-c5ccc6c(c5)oc5ccccc56)n4)c([2H])c([2H])c32)c1-c1ccccc1. The lowest BCUT2D eigenvalue weighted by Gasteiger charge is -2.08. The molecule has 0 amide bonds. The van der Waals surface area contributed by atoms with E-state index >= 15 is 0 Å². The summed E-state index contributed by atoms with van der Waals surface area (Å²) in [5.41, 5.74) is 3.59. The van der Waals surface area contributed by atoms with Crippen LogP contribution in [0.1, 0.15) is 8.22 Å². The van der Waals surface area contributed by atoms with Gasteiger partial charge in [0.2, 0.25) is 0 Å². The van der Waals surface area contributed by atoms with Gasteiger partial charge in [-0.15, -0.1) is 0 Å². The molecule has 3 heterocycles. The minimum atomic E-state index is -0.337. The molecule has 44 heavy (non-hydrogen) atoms. The van der Waals surface area contributed by atoms with Crippen LogP contribution in [-0.2, 0) is 0 Å². The van der Waals surface area contributed by atoms with E-state index in [1.54, 1.807) is 24.3 Å². The zero-order valence-electron chi connectivity index (χ0n) is 29.0. The zero-order valence-corrected chi connectivity index (χ0v) is 23.0. The average molecular weight is 572 g/mol. The minimum Gasteiger partial charge on any atom is -0.456 e. The Labute approximate surface area is 260 Å². The molecule has 5 heteroatoms. The topological polar surface area (TPSA) is 65.0 Å². The first-order valence-corrected chi connectivity index (χ1v) is 14.0. The van der Waals surface area contributed by atoms with Gasteiger partial charge in [0.1, 0.15) is 22.3 Å². The van der Waals surface area contributed by atoms with Gasteiger partial charge in [0.05, 0.1) is 8.22 Å². The van der Waals surface area contributed by atoms with Crippen molar-refractivity contribution < 1.29 is 17.1 Å². The second-order valence-electron chi connectivity index (χ2n) is 10.4. The summed E-state index contributed by atoms with van der Waals surface area (Å²) in [5.74, 6) is 0.591. The Kier molecular flexibility index (Phi) is 4.25. The van der Waals surface area contributed by atoms with Crippen LogP contribution in [0, 0.1) is 0 Å². The van der Waals surface area contributed by atoms with Crippen LogP contribution in [0.25, 0.3) is 89.2 Å². The van der Waals surface area contributed by atoms with Crippen LogP contribution in [0.2, 0.25) is 0 Å². The summed E-state index contributed by atoms with van der Waals surface area (Å²) in [7, 11) is 0. The van der Waals surface area contributed by atoms with E-state index in [0.717, 1.165) is 16.4 Å². The van der Waals surface area contributed by atoms with Crippen LogP contribution in [0.3, 0.4) is 0 Å². The molecular weight excluding hydrogens is 542 g/mol. The predicted molar refractivity (Wildman–Crippen MR) is 176 cm³/mol. The van der Waals surface area contributed by atoms with Gasteiger partial charge in [-0.2, -0.15) is 0 Å². The summed E-state index contributed by atoms with van der Waals surface area (Å²) < 4.78 is 66.1. The van der Waals surface area contributed by atoms with Gasteiger partial charge < -0.3 is 8.83 Å². The van der Waals surface area contributed by atoms with Gasteiger partial charge in [0.25, 0.3) is 0 Å². The number of hydrogen-bond donors (Lipinski definition) is 0. The molecule has 0 spiro atoms. The third-order valence-corrected chi connectivity index (χ3v) is 7.65. The van der Waals surface area contributed by atoms with E-state index < -0.39 is 0 Å². The van der Waals surface area contributed by atoms with Gasteiger partial charge in [-0.1, -0.05) is 109 Å². The molecule has 0 unspecified atom stereocenters. The first kappa shape index (κ1) is 19.2. The quantitative estimate of drug-likeness (QED) is 0.210. The highest BCUT2D eigenvalue weighted by molar-refractivity contribution is 6.10. The van der Waals surface area contributed by atoms with Crippen molar-refractivity contribution in [2.45, 2.75) is 0 Å². The highest BCUT2D eigenvalue weighted by Crippen LogP contribution is 2.38. The second-order valence-corrected chi connectivity index (χ2v) is 10.4. The zero-order chi connectivity index (χ0) is 34.3. The van der Waals surface area contributed by atoms with Crippen LogP contribution in [-0.4, -0.2) is 15.0 Å². The standard InChI is InChI=1S/C39H23N3O2/c1-3-10-24(11-4-1)28-15-9-16-32-31-21-19-27(23-35(31)44-36(28)32)39-41-37(25-12-5-2-6-13-25)40-38(42-39)26-18-20-30-29-14-7-8-17-33(29)43-34(30)22-26/h1-23H/i9D,15D,16D,19D,21D,23D. The molecule has 6 aromatic carbocycles. The third-order valence-electron chi connectivity index (χ3n) is 7.65. The van der Waals surface area contributed by atoms with Crippen LogP contribution in [0.4, 0.5) is 0 Å². The van der Waals surface area contributed by atoms with E-state index in [0.29, 0.717) is 28.1 Å². The number of furan rings is 2. The fourth-order valence-corrected chi connectivity index (χ4v) is 5.53. The summed E-state index contributed by atoms with van der Waals surface area (Å²) in [5, 5.41) is 2.09. The largest absolute Gasteiger partial charge is 0.456 e. The molecule has 0 N–H and O–H groups in total. The normalized spacial score (nSPS) is 13.5. The van der Waals surface area contributed by atoms with Crippen molar-refractivity contribution in [1.29, 1.82) is 0 Å². The smallest absolute Gasteiger partial charge is 0.164 e. The molecule has 3 aromatic heterocycles. The Balaban J connectivity index is 1.32. The molecule has 5 nitrogen and oxygen atoms in total.